The maximum Gasteiger partial charge on any atom is 0.311 e. The third kappa shape index (κ3) is 2.96. The van der Waals surface area contributed by atoms with Gasteiger partial charge in [0.25, 0.3) is 0 Å². The summed E-state index contributed by atoms with van der Waals surface area (Å²) in [5, 5.41) is 18.4. The Morgan fingerprint density at radius 2 is 2.17 bits per heavy atom. The molecule has 0 fully saturated rings. The normalized spacial score (nSPS) is 23.8. The van der Waals surface area contributed by atoms with Gasteiger partial charge in [-0.2, -0.15) is 0 Å². The molecule has 6 heteroatoms. The minimum absolute atomic E-state index is 0.291. The number of hydrogen-bond donors (Lipinski definition) is 4. The van der Waals surface area contributed by atoms with Crippen molar-refractivity contribution in [1.29, 1.82) is 0 Å². The molecule has 2 heterocycles. The molecule has 0 saturated heterocycles. The topological polar surface area (TPSA) is 103 Å². The molecule has 5 N–H and O–H groups in total. The van der Waals surface area contributed by atoms with Crippen LogP contribution >= 0.6 is 0 Å². The van der Waals surface area contributed by atoms with Crippen LogP contribution in [0.5, 0.6) is 0 Å². The number of aliphatic hydroxyl groups is 1. The minimum atomic E-state index is -0.741. The number of likely N-dealkylation sites (N-methyl/N-ethyl adjacent to an activating group) is 1. The standard InChI is InChI=1S/C16H16N2O2.C2H7NO/c1-18-8-10(16(19)20)5-12-11-3-2-4-13-15(11)9(7-17-13)6-14(12)18;1-2(3)4/h2-5,7,10,14,17H,6,8H2,1H3,(H,19,20);2,4H,3H2,1H3/t10-,14-;/m1./s1. The molecule has 1 aromatic heterocycles. The highest BCUT2D eigenvalue weighted by Gasteiger charge is 2.35. The number of aliphatic carboxylic acids is 1. The first-order valence-corrected chi connectivity index (χ1v) is 8.06. The van der Waals surface area contributed by atoms with E-state index in [-0.39, 0.29) is 0 Å². The zero-order chi connectivity index (χ0) is 17.4. The van der Waals surface area contributed by atoms with Gasteiger partial charge in [0.1, 0.15) is 0 Å². The number of carboxylic acids is 1. The number of nitrogens with two attached hydrogens (primary N) is 1. The molecule has 1 unspecified atom stereocenters. The number of fused-ring (bicyclic) bond motifs is 2. The summed E-state index contributed by atoms with van der Waals surface area (Å²) in [6.07, 6.45) is 4.32. The molecule has 6 nitrogen and oxygen atoms in total. The van der Waals surface area contributed by atoms with Crippen LogP contribution in [0.3, 0.4) is 0 Å². The maximum atomic E-state index is 11.3. The van der Waals surface area contributed by atoms with E-state index >= 15 is 0 Å². The minimum Gasteiger partial charge on any atom is -0.481 e. The lowest BCUT2D eigenvalue weighted by atomic mass is 9.80. The first-order valence-electron chi connectivity index (χ1n) is 8.06. The summed E-state index contributed by atoms with van der Waals surface area (Å²) < 4.78 is 0. The second-order valence-corrected chi connectivity index (χ2v) is 6.51. The van der Waals surface area contributed by atoms with E-state index in [0.29, 0.717) is 12.6 Å². The fourth-order valence-electron chi connectivity index (χ4n) is 3.61. The van der Waals surface area contributed by atoms with Gasteiger partial charge >= 0.3 is 5.97 Å². The summed E-state index contributed by atoms with van der Waals surface area (Å²) >= 11 is 0. The molecule has 1 aliphatic carbocycles. The van der Waals surface area contributed by atoms with Crippen molar-refractivity contribution in [2.45, 2.75) is 25.6 Å². The maximum absolute atomic E-state index is 11.3. The highest BCUT2D eigenvalue weighted by Crippen LogP contribution is 2.40. The molecule has 4 rings (SSSR count). The third-order valence-electron chi connectivity index (χ3n) is 4.59. The van der Waals surface area contributed by atoms with Gasteiger partial charge in [0, 0.05) is 29.7 Å². The fraction of sp³-hybridized carbons (Fsp3) is 0.389. The van der Waals surface area contributed by atoms with Gasteiger partial charge < -0.3 is 20.9 Å². The van der Waals surface area contributed by atoms with Crippen molar-refractivity contribution in [1.82, 2.24) is 9.88 Å². The molecule has 2 aliphatic rings. The van der Waals surface area contributed by atoms with Gasteiger partial charge in [0.05, 0.1) is 12.1 Å². The van der Waals surface area contributed by atoms with E-state index in [9.17, 15) is 9.90 Å². The van der Waals surface area contributed by atoms with Crippen LogP contribution in [-0.2, 0) is 11.2 Å². The van der Waals surface area contributed by atoms with Gasteiger partial charge in [-0.05, 0) is 43.2 Å². The Hall–Kier alpha value is -2.15. The lowest BCUT2D eigenvalue weighted by Crippen LogP contribution is -2.44. The van der Waals surface area contributed by atoms with Crippen molar-refractivity contribution in [3.8, 4) is 0 Å². The third-order valence-corrected chi connectivity index (χ3v) is 4.59. The van der Waals surface area contributed by atoms with Crippen LogP contribution in [-0.4, -0.2) is 51.9 Å². The zero-order valence-electron chi connectivity index (χ0n) is 13.9. The number of aliphatic hydroxyl groups excluding tert-OH is 1. The number of aromatic amines is 1. The Morgan fingerprint density at radius 3 is 2.83 bits per heavy atom. The van der Waals surface area contributed by atoms with E-state index in [0.717, 1.165) is 11.9 Å². The molecule has 0 spiro atoms. The molecule has 0 amide bonds. The van der Waals surface area contributed by atoms with Gasteiger partial charge in [-0.25, -0.2) is 0 Å². The number of nitrogens with zero attached hydrogens (tertiary/aromatic N) is 1. The molecule has 0 saturated carbocycles. The number of H-pyrrole nitrogens is 1. The number of aromatic nitrogens is 1. The van der Waals surface area contributed by atoms with Crippen molar-refractivity contribution in [3.63, 3.8) is 0 Å². The molecule has 24 heavy (non-hydrogen) atoms. The SMILES string of the molecule is CC(N)O.CN1C[C@H](C(=O)O)C=C2c3cccc4[nH]cc(c34)C[C@H]21. The number of carbonyl (C=O) groups is 1. The quantitative estimate of drug-likeness (QED) is 0.592. The molecular formula is C18H23N3O3. The van der Waals surface area contributed by atoms with E-state index in [4.69, 9.17) is 5.11 Å². The number of benzene rings is 1. The van der Waals surface area contributed by atoms with Gasteiger partial charge in [0.2, 0.25) is 0 Å². The average molecular weight is 329 g/mol. The van der Waals surface area contributed by atoms with Crippen molar-refractivity contribution >= 4 is 22.4 Å². The van der Waals surface area contributed by atoms with Crippen LogP contribution in [0.25, 0.3) is 16.5 Å². The van der Waals surface area contributed by atoms with Crippen LogP contribution in [0.2, 0.25) is 0 Å². The number of carboxylic acid groups (broad SMARTS) is 1. The van der Waals surface area contributed by atoms with E-state index in [1.165, 1.54) is 29.0 Å². The summed E-state index contributed by atoms with van der Waals surface area (Å²) in [6.45, 7) is 2.08. The molecule has 3 atom stereocenters. The molecule has 0 bridgehead atoms. The average Bonchev–Trinajstić information content (AvgIpc) is 2.92. The Morgan fingerprint density at radius 1 is 1.46 bits per heavy atom. The monoisotopic (exact) mass is 329 g/mol. The van der Waals surface area contributed by atoms with Crippen LogP contribution in [0, 0.1) is 5.92 Å². The second kappa shape index (κ2) is 6.39. The van der Waals surface area contributed by atoms with Gasteiger partial charge in [-0.3, -0.25) is 9.69 Å². The first-order chi connectivity index (χ1) is 11.4. The van der Waals surface area contributed by atoms with E-state index < -0.39 is 18.1 Å². The highest BCUT2D eigenvalue weighted by molar-refractivity contribution is 5.99. The number of rotatable bonds is 1. The van der Waals surface area contributed by atoms with E-state index in [1.54, 1.807) is 0 Å². The molecule has 128 valence electrons. The summed E-state index contributed by atoms with van der Waals surface area (Å²) in [5.41, 5.74) is 9.49. The number of hydrogen-bond acceptors (Lipinski definition) is 4. The van der Waals surface area contributed by atoms with Crippen molar-refractivity contribution in [3.05, 3.63) is 41.6 Å². The smallest absolute Gasteiger partial charge is 0.311 e. The largest absolute Gasteiger partial charge is 0.481 e. The molecule has 1 aromatic carbocycles. The first kappa shape index (κ1) is 16.7. The van der Waals surface area contributed by atoms with Crippen molar-refractivity contribution in [2.75, 3.05) is 13.6 Å². The predicted octanol–water partition coefficient (Wildman–Crippen LogP) is 1.41. The predicted molar refractivity (Wildman–Crippen MR) is 93.4 cm³/mol. The zero-order valence-corrected chi connectivity index (χ0v) is 13.9. The second-order valence-electron chi connectivity index (χ2n) is 6.51. The Labute approximate surface area is 140 Å². The van der Waals surface area contributed by atoms with Crippen molar-refractivity contribution in [2.24, 2.45) is 11.7 Å². The molecule has 0 radical (unpaired) electrons. The summed E-state index contributed by atoms with van der Waals surface area (Å²) in [4.78, 5) is 16.8. The Bertz CT molecular complexity index is 791. The summed E-state index contributed by atoms with van der Waals surface area (Å²) in [7, 11) is 2.02. The molecular weight excluding hydrogens is 306 g/mol. The lowest BCUT2D eigenvalue weighted by molar-refractivity contribution is -0.140. The van der Waals surface area contributed by atoms with Crippen LogP contribution in [0.15, 0.2) is 30.5 Å². The van der Waals surface area contributed by atoms with E-state index in [1.807, 2.05) is 19.2 Å². The van der Waals surface area contributed by atoms with Gasteiger partial charge in [0.15, 0.2) is 0 Å². The summed E-state index contributed by atoms with van der Waals surface area (Å²) in [6, 6.07) is 6.51. The number of nitrogens with one attached hydrogen (secondary N) is 1. The Balaban J connectivity index is 0.000000383. The lowest BCUT2D eigenvalue weighted by Gasteiger charge is -2.38. The Kier molecular flexibility index (Phi) is 4.45. The van der Waals surface area contributed by atoms with Crippen LogP contribution in [0.1, 0.15) is 18.1 Å². The van der Waals surface area contributed by atoms with Crippen LogP contribution < -0.4 is 5.73 Å². The van der Waals surface area contributed by atoms with Crippen LogP contribution in [0.4, 0.5) is 0 Å². The van der Waals surface area contributed by atoms with E-state index in [2.05, 4.69) is 33.9 Å². The fourth-order valence-corrected chi connectivity index (χ4v) is 3.61. The van der Waals surface area contributed by atoms with Gasteiger partial charge in [-0.15, -0.1) is 0 Å². The highest BCUT2D eigenvalue weighted by atomic mass is 16.4. The summed E-state index contributed by atoms with van der Waals surface area (Å²) in [5.74, 6) is -1.16. The van der Waals surface area contributed by atoms with Crippen molar-refractivity contribution < 1.29 is 15.0 Å². The molecule has 2 aromatic rings. The molecule has 1 aliphatic heterocycles. The van der Waals surface area contributed by atoms with Gasteiger partial charge in [-0.1, -0.05) is 18.2 Å².